The van der Waals surface area contributed by atoms with Crippen molar-refractivity contribution in [2.24, 2.45) is 0 Å². The molecular formula is C18H22N2O4. The number of furan rings is 1. The molecule has 128 valence electrons. The van der Waals surface area contributed by atoms with Crippen LogP contribution in [0.1, 0.15) is 18.6 Å². The van der Waals surface area contributed by atoms with Crippen LogP contribution in [0.4, 0.5) is 10.5 Å². The van der Waals surface area contributed by atoms with Gasteiger partial charge in [0.15, 0.2) is 0 Å². The van der Waals surface area contributed by atoms with Crippen LogP contribution in [0.25, 0.3) is 0 Å². The molecule has 0 aliphatic carbocycles. The van der Waals surface area contributed by atoms with Crippen molar-refractivity contribution in [2.75, 3.05) is 25.5 Å². The summed E-state index contributed by atoms with van der Waals surface area (Å²) in [5.41, 5.74) is 0.749. The van der Waals surface area contributed by atoms with E-state index in [4.69, 9.17) is 13.9 Å². The van der Waals surface area contributed by atoms with Crippen LogP contribution < -0.4 is 10.1 Å². The lowest BCUT2D eigenvalue weighted by atomic mass is 10.1. The maximum absolute atomic E-state index is 12.3. The minimum absolute atomic E-state index is 0.0752. The van der Waals surface area contributed by atoms with Gasteiger partial charge in [-0.05, 0) is 49.2 Å². The second kappa shape index (κ2) is 7.88. The SMILES string of the molecule is COC1CCN(C(=O)Nc2ccc(OCc3ccco3)cc2)CC1. The minimum atomic E-state index is -0.0752. The van der Waals surface area contributed by atoms with Gasteiger partial charge >= 0.3 is 6.03 Å². The van der Waals surface area contributed by atoms with Gasteiger partial charge in [-0.1, -0.05) is 0 Å². The molecule has 1 N–H and O–H groups in total. The highest BCUT2D eigenvalue weighted by Gasteiger charge is 2.22. The van der Waals surface area contributed by atoms with Crippen LogP contribution in [0, 0.1) is 0 Å². The summed E-state index contributed by atoms with van der Waals surface area (Å²) >= 11 is 0. The fraction of sp³-hybridized carbons (Fsp3) is 0.389. The molecule has 0 unspecified atom stereocenters. The number of methoxy groups -OCH3 is 1. The topological polar surface area (TPSA) is 63.9 Å². The third-order valence-corrected chi connectivity index (χ3v) is 4.13. The Morgan fingerprint density at radius 2 is 2.00 bits per heavy atom. The molecule has 2 aromatic rings. The molecule has 3 rings (SSSR count). The molecule has 24 heavy (non-hydrogen) atoms. The quantitative estimate of drug-likeness (QED) is 0.911. The third-order valence-electron chi connectivity index (χ3n) is 4.13. The van der Waals surface area contributed by atoms with Crippen molar-refractivity contribution < 1.29 is 18.7 Å². The van der Waals surface area contributed by atoms with Gasteiger partial charge in [0.05, 0.1) is 12.4 Å². The molecule has 6 heteroatoms. The lowest BCUT2D eigenvalue weighted by Crippen LogP contribution is -2.42. The number of anilines is 1. The van der Waals surface area contributed by atoms with Gasteiger partial charge in [0, 0.05) is 25.9 Å². The smallest absolute Gasteiger partial charge is 0.321 e. The summed E-state index contributed by atoms with van der Waals surface area (Å²) < 4.78 is 16.2. The molecule has 6 nitrogen and oxygen atoms in total. The van der Waals surface area contributed by atoms with E-state index in [1.54, 1.807) is 13.4 Å². The fourth-order valence-electron chi connectivity index (χ4n) is 2.68. The lowest BCUT2D eigenvalue weighted by Gasteiger charge is -2.31. The molecule has 1 fully saturated rings. The number of hydrogen-bond donors (Lipinski definition) is 1. The molecule has 0 saturated carbocycles. The molecular weight excluding hydrogens is 308 g/mol. The average Bonchev–Trinajstić information content (AvgIpc) is 3.15. The predicted octanol–water partition coefficient (Wildman–Crippen LogP) is 3.50. The van der Waals surface area contributed by atoms with Crippen molar-refractivity contribution in [2.45, 2.75) is 25.6 Å². The highest BCUT2D eigenvalue weighted by atomic mass is 16.5. The zero-order valence-electron chi connectivity index (χ0n) is 13.7. The Morgan fingerprint density at radius 1 is 1.25 bits per heavy atom. The maximum Gasteiger partial charge on any atom is 0.321 e. The number of urea groups is 1. The number of nitrogens with zero attached hydrogens (tertiary/aromatic N) is 1. The van der Waals surface area contributed by atoms with Crippen LogP contribution in [0.15, 0.2) is 47.1 Å². The first-order valence-corrected chi connectivity index (χ1v) is 8.08. The van der Waals surface area contributed by atoms with Crippen LogP contribution in [0.5, 0.6) is 5.75 Å². The first-order valence-electron chi connectivity index (χ1n) is 8.08. The van der Waals surface area contributed by atoms with Gasteiger partial charge in [-0.2, -0.15) is 0 Å². The molecule has 0 spiro atoms. The minimum Gasteiger partial charge on any atom is -0.486 e. The van der Waals surface area contributed by atoms with E-state index in [9.17, 15) is 4.79 Å². The number of nitrogens with one attached hydrogen (secondary N) is 1. The normalized spacial score (nSPS) is 15.3. The molecule has 1 saturated heterocycles. The van der Waals surface area contributed by atoms with E-state index in [1.165, 1.54) is 0 Å². The van der Waals surface area contributed by atoms with Crippen molar-refractivity contribution in [3.63, 3.8) is 0 Å². The van der Waals surface area contributed by atoms with Crippen LogP contribution in [0.2, 0.25) is 0 Å². The predicted molar refractivity (Wildman–Crippen MR) is 90.1 cm³/mol. The van der Waals surface area contributed by atoms with E-state index in [-0.39, 0.29) is 12.1 Å². The van der Waals surface area contributed by atoms with Gasteiger partial charge in [-0.3, -0.25) is 0 Å². The van der Waals surface area contributed by atoms with E-state index in [0.717, 1.165) is 30.0 Å². The first kappa shape index (κ1) is 16.4. The molecule has 1 aromatic heterocycles. The standard InChI is InChI=1S/C18H22N2O4/c1-22-15-8-10-20(11-9-15)18(21)19-14-4-6-16(7-5-14)24-13-17-3-2-12-23-17/h2-7,12,15H,8-11,13H2,1H3,(H,19,21). The third kappa shape index (κ3) is 4.29. The van der Waals surface area contributed by atoms with Gasteiger partial charge in [-0.15, -0.1) is 0 Å². The van der Waals surface area contributed by atoms with Gasteiger partial charge in [-0.25, -0.2) is 4.79 Å². The number of amides is 2. The Morgan fingerprint density at radius 3 is 2.62 bits per heavy atom. The Bertz CT molecular complexity index is 632. The first-order chi connectivity index (χ1) is 11.7. The van der Waals surface area contributed by atoms with Gasteiger partial charge in [0.2, 0.25) is 0 Å². The average molecular weight is 330 g/mol. The Kier molecular flexibility index (Phi) is 5.38. The Balaban J connectivity index is 1.48. The van der Waals surface area contributed by atoms with Crippen LogP contribution in [0.3, 0.4) is 0 Å². The number of rotatable bonds is 5. The highest BCUT2D eigenvalue weighted by molar-refractivity contribution is 5.89. The monoisotopic (exact) mass is 330 g/mol. The number of likely N-dealkylation sites (tertiary alicyclic amines) is 1. The highest BCUT2D eigenvalue weighted by Crippen LogP contribution is 2.19. The van der Waals surface area contributed by atoms with E-state index in [2.05, 4.69) is 5.32 Å². The second-order valence-electron chi connectivity index (χ2n) is 5.74. The number of piperidine rings is 1. The van der Waals surface area contributed by atoms with Crippen molar-refractivity contribution in [3.8, 4) is 5.75 Å². The van der Waals surface area contributed by atoms with Gasteiger partial charge in [0.1, 0.15) is 18.1 Å². The van der Waals surface area contributed by atoms with Crippen molar-refractivity contribution in [1.29, 1.82) is 0 Å². The van der Waals surface area contributed by atoms with E-state index in [1.807, 2.05) is 41.3 Å². The summed E-state index contributed by atoms with van der Waals surface area (Å²) in [7, 11) is 1.72. The summed E-state index contributed by atoms with van der Waals surface area (Å²) in [6.07, 6.45) is 3.64. The molecule has 1 aliphatic rings. The molecule has 1 aliphatic heterocycles. The number of carbonyl (C=O) groups excluding carboxylic acids is 1. The summed E-state index contributed by atoms with van der Waals surface area (Å²) in [4.78, 5) is 14.1. The molecule has 1 aromatic carbocycles. The molecule has 2 amide bonds. The summed E-state index contributed by atoms with van der Waals surface area (Å²) in [6.45, 7) is 1.82. The van der Waals surface area contributed by atoms with Crippen molar-refractivity contribution in [3.05, 3.63) is 48.4 Å². The largest absolute Gasteiger partial charge is 0.486 e. The summed E-state index contributed by atoms with van der Waals surface area (Å²) in [5.74, 6) is 1.50. The second-order valence-corrected chi connectivity index (χ2v) is 5.74. The van der Waals surface area contributed by atoms with E-state index < -0.39 is 0 Å². The number of benzene rings is 1. The molecule has 2 heterocycles. The van der Waals surface area contributed by atoms with Gasteiger partial charge in [0.25, 0.3) is 0 Å². The van der Waals surface area contributed by atoms with E-state index >= 15 is 0 Å². The van der Waals surface area contributed by atoms with Gasteiger partial charge < -0.3 is 24.1 Å². The van der Waals surface area contributed by atoms with Crippen LogP contribution in [-0.4, -0.2) is 37.2 Å². The van der Waals surface area contributed by atoms with Crippen LogP contribution in [-0.2, 0) is 11.3 Å². The lowest BCUT2D eigenvalue weighted by molar-refractivity contribution is 0.0521. The summed E-state index contributed by atoms with van der Waals surface area (Å²) in [5, 5.41) is 2.91. The maximum atomic E-state index is 12.3. The van der Waals surface area contributed by atoms with Crippen LogP contribution >= 0.6 is 0 Å². The number of ether oxygens (including phenoxy) is 2. The fourth-order valence-corrected chi connectivity index (χ4v) is 2.68. The van der Waals surface area contributed by atoms with Crippen molar-refractivity contribution in [1.82, 2.24) is 4.90 Å². The Hall–Kier alpha value is -2.47. The molecule has 0 atom stereocenters. The molecule has 0 bridgehead atoms. The summed E-state index contributed by atoms with van der Waals surface area (Å²) in [6, 6.07) is 10.9. The number of hydrogen-bond acceptors (Lipinski definition) is 4. The zero-order chi connectivity index (χ0) is 16.8. The Labute approximate surface area is 141 Å². The number of carbonyl (C=O) groups is 1. The van der Waals surface area contributed by atoms with Crippen molar-refractivity contribution >= 4 is 11.7 Å². The zero-order valence-corrected chi connectivity index (χ0v) is 13.7. The van der Waals surface area contributed by atoms with E-state index in [0.29, 0.717) is 19.7 Å². The molecule has 0 radical (unpaired) electrons.